The van der Waals surface area contributed by atoms with Crippen molar-refractivity contribution in [1.29, 1.82) is 0 Å². The van der Waals surface area contributed by atoms with Crippen LogP contribution in [0.25, 0.3) is 0 Å². The van der Waals surface area contributed by atoms with Gasteiger partial charge in [0.2, 0.25) is 0 Å². The van der Waals surface area contributed by atoms with Crippen LogP contribution in [0.15, 0.2) is 30.3 Å². The van der Waals surface area contributed by atoms with Crippen molar-refractivity contribution in [3.05, 3.63) is 35.9 Å². The Bertz CT molecular complexity index is 455. The number of fused-ring (bicyclic) bond motifs is 1. The topological polar surface area (TPSA) is 68.2 Å². The van der Waals surface area contributed by atoms with Crippen molar-refractivity contribution >= 4 is 11.8 Å². The number of hydrogen-bond acceptors (Lipinski definition) is 6. The molecule has 2 N–H and O–H groups in total. The average molecular weight is 318 g/mol. The normalized spacial score (nSPS) is 39.8. The predicted molar refractivity (Wildman–Crippen MR) is 78.8 cm³/mol. The van der Waals surface area contributed by atoms with E-state index in [1.54, 1.807) is 0 Å². The molecule has 0 unspecified atom stereocenters. The van der Waals surface area contributed by atoms with Crippen molar-refractivity contribution in [1.82, 2.24) is 0 Å². The number of aliphatic hydroxyl groups excluding tert-OH is 2. The van der Waals surface area contributed by atoms with Crippen LogP contribution in [0.1, 0.15) is 18.8 Å². The number of benzene rings is 1. The second-order valence-corrected chi connectivity index (χ2v) is 6.53. The van der Waals surface area contributed by atoms with Gasteiger partial charge in [-0.15, -0.1) is 11.8 Å². The summed E-state index contributed by atoms with van der Waals surface area (Å²) >= 11 is 1.47. The molecule has 2 aliphatic rings. The summed E-state index contributed by atoms with van der Waals surface area (Å²) in [5.41, 5.74) is 0.453. The van der Waals surface area contributed by atoms with Crippen LogP contribution in [0, 0.1) is 0 Å². The lowest BCUT2D eigenvalue weighted by Gasteiger charge is -2.46. The largest absolute Gasteiger partial charge is 0.387 e. The van der Waals surface area contributed by atoms with Crippen LogP contribution in [-0.2, 0) is 14.2 Å². The van der Waals surface area contributed by atoms with Crippen molar-refractivity contribution < 1.29 is 24.4 Å². The van der Waals surface area contributed by atoms with E-state index in [4.69, 9.17) is 14.2 Å². The molecule has 116 valence electrons. The first-order chi connectivity index (χ1) is 10.2. The molecule has 0 bridgehead atoms. The maximum Gasteiger partial charge on any atom is 0.184 e. The van der Waals surface area contributed by atoms with Crippen molar-refractivity contribution in [2.45, 2.75) is 43.1 Å². The third-order valence-electron chi connectivity index (χ3n) is 3.74. The highest BCUT2D eigenvalue weighted by Crippen LogP contribution is 2.36. The van der Waals surface area contributed by atoms with E-state index in [1.165, 1.54) is 11.8 Å². The standard InChI is InChI=1S/C15H20O5S/c1-2-21-15-12(17)11(16)13-10(19-15)8-18-14(20-13)9-6-4-3-5-7-9/h3-7,10-17H,2,8H2,1H3/t10-,11-,12-,13-,14-,15+/m1/s1/i8+1,10+1,11+1,12+1,13+1,15+1. The average Bonchev–Trinajstić information content (AvgIpc) is 2.53. The number of ether oxygens (including phenoxy) is 3. The molecular weight excluding hydrogens is 298 g/mol. The lowest BCUT2D eigenvalue weighted by molar-refractivity contribution is -0.318. The van der Waals surface area contributed by atoms with Gasteiger partial charge in [0.15, 0.2) is 6.29 Å². The number of aliphatic hydroxyl groups is 2. The molecule has 6 atom stereocenters. The van der Waals surface area contributed by atoms with Crippen LogP contribution in [0.5, 0.6) is 0 Å². The highest BCUT2D eigenvalue weighted by molar-refractivity contribution is 7.99. The van der Waals surface area contributed by atoms with Crippen LogP contribution in [0.2, 0.25) is 0 Å². The summed E-state index contributed by atoms with van der Waals surface area (Å²) < 4.78 is 17.3. The van der Waals surface area contributed by atoms with E-state index in [0.29, 0.717) is 6.61 Å². The minimum absolute atomic E-state index is 0.342. The molecule has 2 saturated heterocycles. The van der Waals surface area contributed by atoms with E-state index in [1.807, 2.05) is 37.3 Å². The summed E-state index contributed by atoms with van der Waals surface area (Å²) in [5, 5.41) is 20.5. The smallest absolute Gasteiger partial charge is 0.184 e. The summed E-state index contributed by atoms with van der Waals surface area (Å²) in [6.45, 7) is 2.33. The molecule has 2 aliphatic heterocycles. The molecular formula is C15H20O5S. The molecule has 2 heterocycles. The molecule has 0 saturated carbocycles. The summed E-state index contributed by atoms with van der Waals surface area (Å²) in [4.78, 5) is 0. The molecule has 2 fully saturated rings. The zero-order valence-corrected chi connectivity index (χ0v) is 12.6. The molecule has 1 aromatic carbocycles. The third-order valence-corrected chi connectivity index (χ3v) is 4.79. The Morgan fingerprint density at radius 2 is 1.90 bits per heavy atom. The fourth-order valence-corrected chi connectivity index (χ4v) is 3.57. The number of hydrogen-bond donors (Lipinski definition) is 2. The maximum atomic E-state index is 10.3. The van der Waals surface area contributed by atoms with E-state index < -0.39 is 30.0 Å². The zero-order chi connectivity index (χ0) is 14.8. The van der Waals surface area contributed by atoms with E-state index in [9.17, 15) is 10.2 Å². The molecule has 0 aliphatic carbocycles. The van der Waals surface area contributed by atoms with Crippen LogP contribution in [-0.4, -0.2) is 52.4 Å². The summed E-state index contributed by atoms with van der Waals surface area (Å²) in [5.74, 6) is 0.806. The van der Waals surface area contributed by atoms with Crippen LogP contribution < -0.4 is 0 Å². The van der Waals surface area contributed by atoms with E-state index in [0.717, 1.165) is 11.3 Å². The van der Waals surface area contributed by atoms with Crippen LogP contribution in [0.3, 0.4) is 0 Å². The monoisotopic (exact) mass is 318 g/mol. The Morgan fingerprint density at radius 3 is 2.62 bits per heavy atom. The molecule has 5 nitrogen and oxygen atoms in total. The first-order valence-electron chi connectivity index (χ1n) is 7.16. The van der Waals surface area contributed by atoms with Crippen molar-refractivity contribution in [2.24, 2.45) is 0 Å². The van der Waals surface area contributed by atoms with Crippen LogP contribution in [0.4, 0.5) is 0 Å². The first kappa shape index (κ1) is 15.3. The zero-order valence-electron chi connectivity index (χ0n) is 11.8. The Balaban J connectivity index is 1.71. The van der Waals surface area contributed by atoms with Crippen molar-refractivity contribution in [2.75, 3.05) is 12.4 Å². The second-order valence-electron chi connectivity index (χ2n) is 5.16. The van der Waals surface area contributed by atoms with E-state index in [2.05, 4.69) is 0 Å². The third kappa shape index (κ3) is 3.11. The molecule has 0 aromatic heterocycles. The quantitative estimate of drug-likeness (QED) is 0.819. The second kappa shape index (κ2) is 6.64. The SMILES string of the molecule is CCS[13C@@H]1O[13C@@H]2[13CH2]O[C@@H](c3ccccc3)O[13C@H]2[13C@H](O)[13C@H]1O. The van der Waals surface area contributed by atoms with Gasteiger partial charge >= 0.3 is 0 Å². The Labute approximate surface area is 128 Å². The van der Waals surface area contributed by atoms with Gasteiger partial charge in [0, 0.05) is 5.56 Å². The molecule has 0 radical (unpaired) electrons. The van der Waals surface area contributed by atoms with Crippen LogP contribution >= 0.6 is 11.8 Å². The van der Waals surface area contributed by atoms with Gasteiger partial charge in [-0.05, 0) is 5.75 Å². The van der Waals surface area contributed by atoms with Gasteiger partial charge in [-0.1, -0.05) is 37.3 Å². The first-order valence-corrected chi connectivity index (χ1v) is 8.20. The molecule has 0 amide bonds. The molecule has 6 heteroatoms. The highest BCUT2D eigenvalue weighted by Gasteiger charge is 2.48. The maximum absolute atomic E-state index is 10.3. The van der Waals surface area contributed by atoms with E-state index >= 15 is 0 Å². The minimum atomic E-state index is -0.970. The van der Waals surface area contributed by atoms with Gasteiger partial charge in [0.25, 0.3) is 0 Å². The van der Waals surface area contributed by atoms with Gasteiger partial charge in [-0.3, -0.25) is 0 Å². The van der Waals surface area contributed by atoms with Gasteiger partial charge in [-0.25, -0.2) is 0 Å². The number of thioether (sulfide) groups is 1. The minimum Gasteiger partial charge on any atom is -0.387 e. The summed E-state index contributed by atoms with van der Waals surface area (Å²) in [6, 6.07) is 9.56. The highest BCUT2D eigenvalue weighted by atomic mass is 32.2. The summed E-state index contributed by atoms with van der Waals surface area (Å²) in [7, 11) is 0. The summed E-state index contributed by atoms with van der Waals surface area (Å²) in [6.07, 6.45) is -3.39. The van der Waals surface area contributed by atoms with Crippen molar-refractivity contribution in [3.63, 3.8) is 0 Å². The number of rotatable bonds is 3. The fraction of sp³-hybridized carbons (Fsp3) is 0.600. The Hall–Kier alpha value is -0.630. The molecule has 21 heavy (non-hydrogen) atoms. The molecule has 3 rings (SSSR count). The predicted octanol–water partition coefficient (Wildman–Crippen LogP) is 1.30. The Morgan fingerprint density at radius 1 is 1.14 bits per heavy atom. The van der Waals surface area contributed by atoms with Gasteiger partial charge in [0.1, 0.15) is 29.9 Å². The van der Waals surface area contributed by atoms with Crippen molar-refractivity contribution in [3.8, 4) is 0 Å². The van der Waals surface area contributed by atoms with Gasteiger partial charge in [0.05, 0.1) is 6.61 Å². The fourth-order valence-electron chi connectivity index (χ4n) is 2.66. The molecule has 0 spiro atoms. The van der Waals surface area contributed by atoms with Gasteiger partial charge in [-0.2, -0.15) is 0 Å². The van der Waals surface area contributed by atoms with Gasteiger partial charge < -0.3 is 24.4 Å². The molecule has 1 aromatic rings. The Kier molecular flexibility index (Phi) is 4.83. The van der Waals surface area contributed by atoms with E-state index in [-0.39, 0.29) is 6.10 Å². The lowest BCUT2D eigenvalue weighted by atomic mass is 10.2. The lowest BCUT2D eigenvalue weighted by Crippen LogP contribution is -2.60.